The monoisotopic (exact) mass is 377 g/mol. The van der Waals surface area contributed by atoms with Crippen molar-refractivity contribution in [2.75, 3.05) is 16.8 Å². The zero-order valence-electron chi connectivity index (χ0n) is 15.4. The molecule has 1 aromatic heterocycles. The first-order valence-electron chi connectivity index (χ1n) is 9.41. The van der Waals surface area contributed by atoms with E-state index >= 15 is 0 Å². The van der Waals surface area contributed by atoms with Crippen molar-refractivity contribution >= 4 is 33.8 Å². The van der Waals surface area contributed by atoms with Gasteiger partial charge in [0, 0.05) is 23.3 Å². The first-order chi connectivity index (χ1) is 13.2. The molecular weight excluding hydrogens is 354 g/mol. The number of aryl methyl sites for hydroxylation is 2. The summed E-state index contributed by atoms with van der Waals surface area (Å²) in [5, 5.41) is 6.12. The van der Waals surface area contributed by atoms with Crippen molar-refractivity contribution in [3.05, 3.63) is 70.7 Å². The molecule has 0 saturated heterocycles. The zero-order valence-corrected chi connectivity index (χ0v) is 16.3. The summed E-state index contributed by atoms with van der Waals surface area (Å²) in [7, 11) is 0. The van der Waals surface area contributed by atoms with E-state index in [1.165, 1.54) is 22.5 Å². The molecule has 0 saturated carbocycles. The third kappa shape index (κ3) is 4.03. The summed E-state index contributed by atoms with van der Waals surface area (Å²) in [4.78, 5) is 19.3. The fourth-order valence-electron chi connectivity index (χ4n) is 3.44. The molecule has 0 spiro atoms. The smallest absolute Gasteiger partial charge is 0.233 e. The Morgan fingerprint density at radius 1 is 1.19 bits per heavy atom. The number of carbonyl (C=O) groups is 1. The third-order valence-electron chi connectivity index (χ3n) is 4.91. The molecule has 1 aliphatic heterocycles. The number of rotatable bonds is 5. The van der Waals surface area contributed by atoms with Gasteiger partial charge in [0.1, 0.15) is 0 Å². The van der Waals surface area contributed by atoms with Gasteiger partial charge < -0.3 is 10.2 Å². The number of hydrogen-bond acceptors (Lipinski definition) is 4. The Labute approximate surface area is 163 Å². The quantitative estimate of drug-likeness (QED) is 0.683. The Morgan fingerprint density at radius 3 is 2.81 bits per heavy atom. The lowest BCUT2D eigenvalue weighted by Gasteiger charge is -2.29. The van der Waals surface area contributed by atoms with Crippen LogP contribution in [0.1, 0.15) is 30.2 Å². The van der Waals surface area contributed by atoms with Crippen LogP contribution in [-0.4, -0.2) is 17.4 Å². The number of hydrogen-bond donors (Lipinski definition) is 1. The maximum absolute atomic E-state index is 12.8. The van der Waals surface area contributed by atoms with E-state index in [0.29, 0.717) is 6.42 Å². The van der Waals surface area contributed by atoms with Crippen molar-refractivity contribution in [2.45, 2.75) is 32.6 Å². The van der Waals surface area contributed by atoms with Crippen LogP contribution in [0.4, 0.5) is 16.5 Å². The zero-order chi connectivity index (χ0) is 18.6. The van der Waals surface area contributed by atoms with Gasteiger partial charge in [-0.25, -0.2) is 4.98 Å². The molecule has 138 valence electrons. The molecule has 1 N–H and O–H groups in total. The lowest BCUT2D eigenvalue weighted by molar-refractivity contribution is -0.118. The highest BCUT2D eigenvalue weighted by Gasteiger charge is 2.22. The summed E-state index contributed by atoms with van der Waals surface area (Å²) < 4.78 is 0. The summed E-state index contributed by atoms with van der Waals surface area (Å²) in [5.74, 6) is 0.117. The number of amides is 1. The van der Waals surface area contributed by atoms with Gasteiger partial charge in [0.2, 0.25) is 5.91 Å². The normalized spacial score (nSPS) is 13.3. The minimum atomic E-state index is 0.117. The lowest BCUT2D eigenvalue weighted by atomic mass is 10.0. The highest BCUT2D eigenvalue weighted by Crippen LogP contribution is 2.28. The van der Waals surface area contributed by atoms with Crippen LogP contribution in [-0.2, 0) is 24.1 Å². The maximum Gasteiger partial charge on any atom is 0.233 e. The van der Waals surface area contributed by atoms with E-state index in [1.807, 2.05) is 28.5 Å². The van der Waals surface area contributed by atoms with E-state index in [0.717, 1.165) is 48.0 Å². The molecule has 0 fully saturated rings. The number of nitrogens with one attached hydrogen (secondary N) is 1. The van der Waals surface area contributed by atoms with Gasteiger partial charge in [-0.15, -0.1) is 11.3 Å². The van der Waals surface area contributed by atoms with E-state index in [-0.39, 0.29) is 5.91 Å². The molecule has 1 amide bonds. The molecule has 27 heavy (non-hydrogen) atoms. The second kappa shape index (κ2) is 7.92. The van der Waals surface area contributed by atoms with Crippen molar-refractivity contribution < 1.29 is 4.79 Å². The van der Waals surface area contributed by atoms with Crippen molar-refractivity contribution in [3.8, 4) is 0 Å². The van der Waals surface area contributed by atoms with Crippen molar-refractivity contribution in [1.29, 1.82) is 0 Å². The molecule has 0 unspecified atom stereocenters. The molecule has 0 atom stereocenters. The largest absolute Gasteiger partial charge is 0.332 e. The third-order valence-corrected chi connectivity index (χ3v) is 5.72. The minimum absolute atomic E-state index is 0.117. The van der Waals surface area contributed by atoms with Gasteiger partial charge in [-0.3, -0.25) is 4.79 Å². The number of fused-ring (bicyclic) bond motifs is 1. The summed E-state index contributed by atoms with van der Waals surface area (Å²) in [6.45, 7) is 2.93. The average Bonchev–Trinajstić information content (AvgIpc) is 3.14. The molecule has 2 aromatic carbocycles. The van der Waals surface area contributed by atoms with Gasteiger partial charge in [-0.1, -0.05) is 37.3 Å². The predicted octanol–water partition coefficient (Wildman–Crippen LogP) is 4.97. The number of nitrogens with zero attached hydrogens (tertiary/aromatic N) is 2. The molecule has 1 aliphatic rings. The van der Waals surface area contributed by atoms with Crippen LogP contribution in [0.15, 0.2) is 53.9 Å². The van der Waals surface area contributed by atoms with E-state index < -0.39 is 0 Å². The number of anilines is 3. The number of thiazole rings is 1. The molecule has 3 aromatic rings. The number of para-hydroxylation sites is 1. The first kappa shape index (κ1) is 17.7. The molecule has 4 rings (SSSR count). The second-order valence-electron chi connectivity index (χ2n) is 6.77. The topological polar surface area (TPSA) is 45.2 Å². The molecule has 0 aliphatic carbocycles. The summed E-state index contributed by atoms with van der Waals surface area (Å²) in [5.41, 5.74) is 5.46. The average molecular weight is 378 g/mol. The van der Waals surface area contributed by atoms with E-state index in [9.17, 15) is 4.79 Å². The Balaban J connectivity index is 1.42. The van der Waals surface area contributed by atoms with Crippen LogP contribution in [0.25, 0.3) is 0 Å². The Hall–Kier alpha value is -2.66. The highest BCUT2D eigenvalue weighted by atomic mass is 32.1. The Kier molecular flexibility index (Phi) is 5.21. The summed E-state index contributed by atoms with van der Waals surface area (Å²) in [6, 6.07) is 16.6. The Morgan fingerprint density at radius 2 is 2.00 bits per heavy atom. The van der Waals surface area contributed by atoms with Gasteiger partial charge in [0.05, 0.1) is 12.1 Å². The Bertz CT molecular complexity index is 933. The van der Waals surface area contributed by atoms with Crippen molar-refractivity contribution in [1.82, 2.24) is 4.98 Å². The summed E-state index contributed by atoms with van der Waals surface area (Å²) in [6.07, 6.45) is 3.42. The molecule has 0 bridgehead atoms. The van der Waals surface area contributed by atoms with E-state index in [2.05, 4.69) is 47.6 Å². The van der Waals surface area contributed by atoms with Crippen molar-refractivity contribution in [3.63, 3.8) is 0 Å². The predicted molar refractivity (Wildman–Crippen MR) is 112 cm³/mol. The van der Waals surface area contributed by atoms with Gasteiger partial charge in [-0.2, -0.15) is 0 Å². The first-order valence-corrected chi connectivity index (χ1v) is 10.3. The standard InChI is InChI=1S/C22H23N3OS/c1-2-16-9-11-18(12-10-16)23-22-24-19(15-27-22)14-21(26)25-13-5-7-17-6-3-4-8-20(17)25/h3-4,6,8-12,15H,2,5,7,13-14H2,1H3,(H,23,24). The van der Waals surface area contributed by atoms with E-state index in [4.69, 9.17) is 0 Å². The maximum atomic E-state index is 12.8. The van der Waals surface area contributed by atoms with Crippen LogP contribution >= 0.6 is 11.3 Å². The molecular formula is C22H23N3OS. The lowest BCUT2D eigenvalue weighted by Crippen LogP contribution is -2.36. The fraction of sp³-hybridized carbons (Fsp3) is 0.273. The molecule has 0 radical (unpaired) electrons. The van der Waals surface area contributed by atoms with Gasteiger partial charge in [0.15, 0.2) is 5.13 Å². The second-order valence-corrected chi connectivity index (χ2v) is 7.63. The van der Waals surface area contributed by atoms with Crippen LogP contribution in [0.5, 0.6) is 0 Å². The number of benzene rings is 2. The molecule has 4 nitrogen and oxygen atoms in total. The number of carbonyl (C=O) groups excluding carboxylic acids is 1. The van der Waals surface area contributed by atoms with Gasteiger partial charge in [-0.05, 0) is 48.6 Å². The summed E-state index contributed by atoms with van der Waals surface area (Å²) >= 11 is 1.54. The van der Waals surface area contributed by atoms with Gasteiger partial charge >= 0.3 is 0 Å². The van der Waals surface area contributed by atoms with Crippen LogP contribution < -0.4 is 10.2 Å². The van der Waals surface area contributed by atoms with Crippen molar-refractivity contribution in [2.24, 2.45) is 0 Å². The SMILES string of the molecule is CCc1ccc(Nc2nc(CC(=O)N3CCCc4ccccc43)cs2)cc1. The van der Waals surface area contributed by atoms with Gasteiger partial charge in [0.25, 0.3) is 0 Å². The van der Waals surface area contributed by atoms with E-state index in [1.54, 1.807) is 0 Å². The van der Waals surface area contributed by atoms with Crippen LogP contribution in [0, 0.1) is 0 Å². The molecule has 2 heterocycles. The number of aromatic nitrogens is 1. The molecule has 5 heteroatoms. The van der Waals surface area contributed by atoms with Crippen LogP contribution in [0.2, 0.25) is 0 Å². The highest BCUT2D eigenvalue weighted by molar-refractivity contribution is 7.13. The minimum Gasteiger partial charge on any atom is -0.332 e. The van der Waals surface area contributed by atoms with Crippen LogP contribution in [0.3, 0.4) is 0 Å². The fourth-order valence-corrected chi connectivity index (χ4v) is 4.17.